The SMILES string of the molecule is CCC(N)C(O)(c1ccc(C(C)(C)C)cc1)C(F)(F)F. The van der Waals surface area contributed by atoms with E-state index in [0.717, 1.165) is 5.56 Å². The fraction of sp³-hybridized carbons (Fsp3) is 0.600. The van der Waals surface area contributed by atoms with Gasteiger partial charge in [-0.15, -0.1) is 0 Å². The van der Waals surface area contributed by atoms with E-state index in [-0.39, 0.29) is 17.4 Å². The number of benzene rings is 1. The van der Waals surface area contributed by atoms with Gasteiger partial charge in [-0.05, 0) is 23.0 Å². The molecule has 3 N–H and O–H groups in total. The van der Waals surface area contributed by atoms with Gasteiger partial charge < -0.3 is 10.8 Å². The van der Waals surface area contributed by atoms with Crippen molar-refractivity contribution in [2.45, 2.75) is 57.3 Å². The molecule has 2 atom stereocenters. The number of hydrogen-bond donors (Lipinski definition) is 2. The van der Waals surface area contributed by atoms with Crippen LogP contribution in [-0.4, -0.2) is 17.3 Å². The Balaban J connectivity index is 3.31. The van der Waals surface area contributed by atoms with Crippen LogP contribution < -0.4 is 5.73 Å². The molecule has 114 valence electrons. The number of rotatable bonds is 3. The number of aliphatic hydroxyl groups is 1. The summed E-state index contributed by atoms with van der Waals surface area (Å²) in [5.41, 5.74) is 3.03. The topological polar surface area (TPSA) is 46.2 Å². The summed E-state index contributed by atoms with van der Waals surface area (Å²) in [7, 11) is 0. The van der Waals surface area contributed by atoms with Crippen molar-refractivity contribution in [2.75, 3.05) is 0 Å². The van der Waals surface area contributed by atoms with Crippen LogP contribution in [0.3, 0.4) is 0 Å². The largest absolute Gasteiger partial charge is 0.422 e. The molecule has 0 aliphatic heterocycles. The minimum absolute atomic E-state index is 0.0248. The van der Waals surface area contributed by atoms with Crippen molar-refractivity contribution in [3.8, 4) is 0 Å². The van der Waals surface area contributed by atoms with E-state index in [9.17, 15) is 18.3 Å². The highest BCUT2D eigenvalue weighted by Crippen LogP contribution is 2.42. The zero-order valence-corrected chi connectivity index (χ0v) is 12.3. The third-order valence-electron chi connectivity index (χ3n) is 3.60. The van der Waals surface area contributed by atoms with Crippen molar-refractivity contribution in [1.82, 2.24) is 0 Å². The molecular formula is C15H22F3NO. The molecule has 2 unspecified atom stereocenters. The summed E-state index contributed by atoms with van der Waals surface area (Å²) in [5.74, 6) is 0. The molecule has 0 heterocycles. The van der Waals surface area contributed by atoms with E-state index >= 15 is 0 Å². The normalized spacial score (nSPS) is 17.6. The van der Waals surface area contributed by atoms with Gasteiger partial charge in [0.2, 0.25) is 5.60 Å². The van der Waals surface area contributed by atoms with Gasteiger partial charge in [-0.1, -0.05) is 52.0 Å². The molecule has 5 heteroatoms. The molecule has 0 spiro atoms. The Morgan fingerprint density at radius 3 is 1.75 bits per heavy atom. The summed E-state index contributed by atoms with van der Waals surface area (Å²) in [6.45, 7) is 7.42. The average molecular weight is 289 g/mol. The molecule has 0 amide bonds. The Hall–Kier alpha value is -1.07. The van der Waals surface area contributed by atoms with E-state index in [1.165, 1.54) is 19.1 Å². The Morgan fingerprint density at radius 1 is 1.05 bits per heavy atom. The molecule has 2 nitrogen and oxygen atoms in total. The molecule has 0 bridgehead atoms. The van der Waals surface area contributed by atoms with Crippen molar-refractivity contribution in [1.29, 1.82) is 0 Å². The first-order valence-corrected chi connectivity index (χ1v) is 6.60. The lowest BCUT2D eigenvalue weighted by Crippen LogP contribution is -2.55. The summed E-state index contributed by atoms with van der Waals surface area (Å²) in [5, 5.41) is 10.1. The third kappa shape index (κ3) is 2.99. The van der Waals surface area contributed by atoms with E-state index in [4.69, 9.17) is 5.73 Å². The quantitative estimate of drug-likeness (QED) is 0.895. The van der Waals surface area contributed by atoms with E-state index in [1.54, 1.807) is 12.1 Å². The second-order valence-electron chi connectivity index (χ2n) is 6.11. The van der Waals surface area contributed by atoms with E-state index in [2.05, 4.69) is 0 Å². The highest BCUT2D eigenvalue weighted by molar-refractivity contribution is 5.33. The standard InChI is InChI=1S/C15H22F3NO/c1-5-12(19)14(20,15(16,17)18)11-8-6-10(7-9-11)13(2,3)4/h6-9,12,20H,5,19H2,1-4H3. The predicted octanol–water partition coefficient (Wildman–Crippen LogP) is 3.47. The lowest BCUT2D eigenvalue weighted by molar-refractivity contribution is -0.274. The third-order valence-corrected chi connectivity index (χ3v) is 3.60. The second kappa shape index (κ2) is 5.37. The van der Waals surface area contributed by atoms with Crippen LogP contribution in [0, 0.1) is 0 Å². The fourth-order valence-electron chi connectivity index (χ4n) is 2.11. The minimum atomic E-state index is -4.81. The van der Waals surface area contributed by atoms with Crippen LogP contribution in [0.1, 0.15) is 45.2 Å². The van der Waals surface area contributed by atoms with Gasteiger partial charge in [-0.3, -0.25) is 0 Å². The molecule has 0 aliphatic carbocycles. The monoisotopic (exact) mass is 289 g/mol. The van der Waals surface area contributed by atoms with Crippen molar-refractivity contribution in [3.05, 3.63) is 35.4 Å². The van der Waals surface area contributed by atoms with Crippen LogP contribution >= 0.6 is 0 Å². The highest BCUT2D eigenvalue weighted by Gasteiger charge is 2.58. The fourth-order valence-corrected chi connectivity index (χ4v) is 2.11. The molecule has 1 aromatic carbocycles. The van der Waals surface area contributed by atoms with Crippen molar-refractivity contribution in [3.63, 3.8) is 0 Å². The molecule has 0 radical (unpaired) electrons. The maximum absolute atomic E-state index is 13.2. The molecule has 0 saturated heterocycles. The summed E-state index contributed by atoms with van der Waals surface area (Å²) >= 11 is 0. The molecular weight excluding hydrogens is 267 g/mol. The van der Waals surface area contributed by atoms with Crippen LogP contribution in [0.25, 0.3) is 0 Å². The van der Waals surface area contributed by atoms with E-state index < -0.39 is 17.8 Å². The van der Waals surface area contributed by atoms with Crippen molar-refractivity contribution in [2.24, 2.45) is 5.73 Å². The first-order valence-electron chi connectivity index (χ1n) is 6.60. The number of alkyl halides is 3. The lowest BCUT2D eigenvalue weighted by atomic mass is 9.81. The van der Waals surface area contributed by atoms with E-state index in [0.29, 0.717) is 0 Å². The molecule has 0 aliphatic rings. The maximum atomic E-state index is 13.2. The lowest BCUT2D eigenvalue weighted by Gasteiger charge is -2.36. The van der Waals surface area contributed by atoms with Gasteiger partial charge in [0.05, 0.1) is 0 Å². The van der Waals surface area contributed by atoms with Gasteiger partial charge in [0.15, 0.2) is 0 Å². The summed E-state index contributed by atoms with van der Waals surface area (Å²) < 4.78 is 39.7. The molecule has 1 rings (SSSR count). The number of nitrogens with two attached hydrogens (primary N) is 1. The maximum Gasteiger partial charge on any atom is 0.422 e. The van der Waals surface area contributed by atoms with Crippen molar-refractivity contribution >= 4 is 0 Å². The van der Waals surface area contributed by atoms with Crippen LogP contribution in [0.2, 0.25) is 0 Å². The van der Waals surface area contributed by atoms with Gasteiger partial charge in [0.1, 0.15) is 0 Å². The Morgan fingerprint density at radius 2 is 1.45 bits per heavy atom. The molecule has 20 heavy (non-hydrogen) atoms. The summed E-state index contributed by atoms with van der Waals surface area (Å²) in [6.07, 6.45) is -4.79. The van der Waals surface area contributed by atoms with Gasteiger partial charge in [0, 0.05) is 6.04 Å². The Labute approximate surface area is 117 Å². The van der Waals surface area contributed by atoms with Gasteiger partial charge in [-0.25, -0.2) is 0 Å². The molecule has 0 aromatic heterocycles. The molecule has 0 fully saturated rings. The minimum Gasteiger partial charge on any atom is -0.375 e. The zero-order chi connectivity index (χ0) is 15.8. The Kier molecular flexibility index (Phi) is 4.56. The first kappa shape index (κ1) is 17.0. The van der Waals surface area contributed by atoms with Crippen LogP contribution in [0.4, 0.5) is 13.2 Å². The molecule has 0 saturated carbocycles. The predicted molar refractivity (Wildman–Crippen MR) is 73.4 cm³/mol. The van der Waals surface area contributed by atoms with Gasteiger partial charge in [0.25, 0.3) is 0 Å². The molecule has 1 aromatic rings. The van der Waals surface area contributed by atoms with E-state index in [1.807, 2.05) is 20.8 Å². The summed E-state index contributed by atoms with van der Waals surface area (Å²) in [4.78, 5) is 0. The van der Waals surface area contributed by atoms with Crippen LogP contribution in [0.5, 0.6) is 0 Å². The smallest absolute Gasteiger partial charge is 0.375 e. The van der Waals surface area contributed by atoms with Crippen LogP contribution in [0.15, 0.2) is 24.3 Å². The number of hydrogen-bond acceptors (Lipinski definition) is 2. The summed E-state index contributed by atoms with van der Waals surface area (Å²) in [6, 6.07) is 4.43. The van der Waals surface area contributed by atoms with Crippen molar-refractivity contribution < 1.29 is 18.3 Å². The number of halogens is 3. The Bertz CT molecular complexity index is 448. The first-order chi connectivity index (χ1) is 8.94. The highest BCUT2D eigenvalue weighted by atomic mass is 19.4. The van der Waals surface area contributed by atoms with Gasteiger partial charge in [-0.2, -0.15) is 13.2 Å². The van der Waals surface area contributed by atoms with Gasteiger partial charge >= 0.3 is 6.18 Å². The zero-order valence-electron chi connectivity index (χ0n) is 12.3. The average Bonchev–Trinajstić information content (AvgIpc) is 2.34. The second-order valence-corrected chi connectivity index (χ2v) is 6.11. The van der Waals surface area contributed by atoms with Crippen LogP contribution in [-0.2, 0) is 11.0 Å².